The minimum atomic E-state index is -0.136. The van der Waals surface area contributed by atoms with Crippen LogP contribution in [0.3, 0.4) is 0 Å². The lowest BCUT2D eigenvalue weighted by Gasteiger charge is -2.07. The molecule has 0 bridgehead atoms. The molecule has 0 saturated heterocycles. The third-order valence-corrected chi connectivity index (χ3v) is 3.23. The minimum absolute atomic E-state index is 0.136. The van der Waals surface area contributed by atoms with Crippen LogP contribution in [0, 0.1) is 4.77 Å². The van der Waals surface area contributed by atoms with Gasteiger partial charge in [0.05, 0.1) is 13.0 Å². The highest BCUT2D eigenvalue weighted by Gasteiger charge is 2.10. The average molecular weight is 306 g/mol. The van der Waals surface area contributed by atoms with Gasteiger partial charge in [-0.05, 0) is 50.3 Å². The molecule has 0 aliphatic heterocycles. The normalized spacial score (nSPS) is 10.4. The number of anilines is 1. The zero-order valence-corrected chi connectivity index (χ0v) is 12.9. The van der Waals surface area contributed by atoms with Crippen LogP contribution in [0.15, 0.2) is 24.3 Å². The Morgan fingerprint density at radius 3 is 2.71 bits per heavy atom. The van der Waals surface area contributed by atoms with Crippen molar-refractivity contribution in [1.29, 1.82) is 0 Å². The molecule has 6 nitrogen and oxygen atoms in total. The van der Waals surface area contributed by atoms with Crippen molar-refractivity contribution in [2.45, 2.75) is 26.8 Å². The maximum Gasteiger partial charge on any atom is 0.232 e. The summed E-state index contributed by atoms with van der Waals surface area (Å²) in [5, 5.41) is 9.59. The van der Waals surface area contributed by atoms with Crippen LogP contribution in [0.5, 0.6) is 5.75 Å². The quantitative estimate of drug-likeness (QED) is 0.805. The lowest BCUT2D eigenvalue weighted by molar-refractivity contribution is -0.115. The molecule has 0 aliphatic rings. The lowest BCUT2D eigenvalue weighted by Crippen LogP contribution is -2.17. The molecule has 2 rings (SSSR count). The molecule has 1 aromatic heterocycles. The van der Waals surface area contributed by atoms with Crippen LogP contribution in [0.25, 0.3) is 0 Å². The van der Waals surface area contributed by atoms with Crippen molar-refractivity contribution < 1.29 is 9.53 Å². The lowest BCUT2D eigenvalue weighted by atomic mass is 10.3. The molecule has 0 unspecified atom stereocenters. The van der Waals surface area contributed by atoms with E-state index in [0.29, 0.717) is 23.7 Å². The molecule has 1 heterocycles. The predicted molar refractivity (Wildman–Crippen MR) is 83.0 cm³/mol. The van der Waals surface area contributed by atoms with Crippen molar-refractivity contribution >= 4 is 23.8 Å². The van der Waals surface area contributed by atoms with E-state index in [1.165, 1.54) is 0 Å². The van der Waals surface area contributed by atoms with Gasteiger partial charge in [0.1, 0.15) is 11.6 Å². The van der Waals surface area contributed by atoms with Crippen LogP contribution in [-0.4, -0.2) is 27.3 Å². The van der Waals surface area contributed by atoms with Crippen molar-refractivity contribution in [3.05, 3.63) is 34.9 Å². The molecule has 0 saturated carbocycles. The zero-order valence-electron chi connectivity index (χ0n) is 12.0. The molecular weight excluding hydrogens is 288 g/mol. The molecule has 2 aromatic rings. The second-order valence-electron chi connectivity index (χ2n) is 4.37. The smallest absolute Gasteiger partial charge is 0.232 e. The Bertz CT molecular complexity index is 660. The van der Waals surface area contributed by atoms with E-state index in [1.807, 2.05) is 26.0 Å². The summed E-state index contributed by atoms with van der Waals surface area (Å²) in [4.78, 5) is 12.0. The highest BCUT2D eigenvalue weighted by Crippen LogP contribution is 2.15. The number of hydrogen-bond donors (Lipinski definition) is 2. The van der Waals surface area contributed by atoms with Crippen LogP contribution in [0.1, 0.15) is 19.7 Å². The number of ether oxygens (including phenoxy) is 1. The van der Waals surface area contributed by atoms with Gasteiger partial charge in [-0.3, -0.25) is 9.89 Å². The number of benzene rings is 1. The van der Waals surface area contributed by atoms with E-state index in [-0.39, 0.29) is 12.3 Å². The Kier molecular flexibility index (Phi) is 5.10. The van der Waals surface area contributed by atoms with Crippen LogP contribution in [0.4, 0.5) is 5.69 Å². The summed E-state index contributed by atoms with van der Waals surface area (Å²) >= 11 is 5.09. The number of nitrogens with one attached hydrogen (secondary N) is 2. The molecule has 7 heteroatoms. The fourth-order valence-corrected chi connectivity index (χ4v) is 2.24. The Balaban J connectivity index is 1.99. The standard InChI is InChI=1S/C14H18N4O2S/c1-3-18-12(16-17-14(18)21)9-13(19)15-10-5-7-11(8-6-10)20-4-2/h5-8H,3-4,9H2,1-2H3,(H,15,19)(H,17,21). The van der Waals surface area contributed by atoms with Crippen LogP contribution >= 0.6 is 12.2 Å². The number of carbonyl (C=O) groups is 1. The van der Waals surface area contributed by atoms with E-state index < -0.39 is 0 Å². The number of amides is 1. The minimum Gasteiger partial charge on any atom is -0.494 e. The Hall–Kier alpha value is -2.15. The third kappa shape index (κ3) is 3.91. The van der Waals surface area contributed by atoms with E-state index >= 15 is 0 Å². The first-order valence-electron chi connectivity index (χ1n) is 6.80. The number of H-pyrrole nitrogens is 1. The molecule has 0 radical (unpaired) electrons. The first-order valence-corrected chi connectivity index (χ1v) is 7.21. The van der Waals surface area contributed by atoms with Crippen molar-refractivity contribution in [2.75, 3.05) is 11.9 Å². The Morgan fingerprint density at radius 1 is 1.38 bits per heavy atom. The maximum absolute atomic E-state index is 12.0. The summed E-state index contributed by atoms with van der Waals surface area (Å²) in [6.07, 6.45) is 0.175. The summed E-state index contributed by atoms with van der Waals surface area (Å²) in [6, 6.07) is 7.25. The number of aromatic nitrogens is 3. The Labute approximate surface area is 128 Å². The van der Waals surface area contributed by atoms with Gasteiger partial charge in [0.2, 0.25) is 5.91 Å². The second-order valence-corrected chi connectivity index (χ2v) is 4.76. The van der Waals surface area contributed by atoms with Gasteiger partial charge >= 0.3 is 0 Å². The topological polar surface area (TPSA) is 71.9 Å². The van der Waals surface area contributed by atoms with Crippen LogP contribution in [0.2, 0.25) is 0 Å². The van der Waals surface area contributed by atoms with E-state index in [2.05, 4.69) is 15.5 Å². The van der Waals surface area contributed by atoms with Crippen LogP contribution in [-0.2, 0) is 17.8 Å². The summed E-state index contributed by atoms with van der Waals surface area (Å²) in [5.74, 6) is 1.27. The number of carbonyl (C=O) groups excluding carboxylic acids is 1. The molecule has 1 amide bonds. The van der Waals surface area contributed by atoms with E-state index in [4.69, 9.17) is 17.0 Å². The molecule has 0 spiro atoms. The number of rotatable bonds is 6. The highest BCUT2D eigenvalue weighted by molar-refractivity contribution is 7.71. The molecule has 2 N–H and O–H groups in total. The van der Waals surface area contributed by atoms with Gasteiger partial charge < -0.3 is 14.6 Å². The first kappa shape index (κ1) is 15.2. The van der Waals surface area contributed by atoms with E-state index in [0.717, 1.165) is 11.4 Å². The van der Waals surface area contributed by atoms with Gasteiger partial charge in [0.15, 0.2) is 4.77 Å². The molecule has 0 atom stereocenters. The summed E-state index contributed by atoms with van der Waals surface area (Å²) in [6.45, 7) is 5.18. The maximum atomic E-state index is 12.0. The largest absolute Gasteiger partial charge is 0.494 e. The fraction of sp³-hybridized carbons (Fsp3) is 0.357. The van der Waals surface area contributed by atoms with Gasteiger partial charge in [0, 0.05) is 12.2 Å². The summed E-state index contributed by atoms with van der Waals surface area (Å²) in [5.41, 5.74) is 0.723. The van der Waals surface area contributed by atoms with Crippen molar-refractivity contribution in [3.63, 3.8) is 0 Å². The molecule has 21 heavy (non-hydrogen) atoms. The van der Waals surface area contributed by atoms with Crippen LogP contribution < -0.4 is 10.1 Å². The van der Waals surface area contributed by atoms with Gasteiger partial charge in [0.25, 0.3) is 0 Å². The summed E-state index contributed by atoms with van der Waals surface area (Å²) < 4.78 is 7.68. The average Bonchev–Trinajstić information content (AvgIpc) is 2.81. The monoisotopic (exact) mass is 306 g/mol. The zero-order chi connectivity index (χ0) is 15.2. The van der Waals surface area contributed by atoms with Crippen molar-refractivity contribution in [3.8, 4) is 5.75 Å². The second kappa shape index (κ2) is 7.03. The SMILES string of the molecule is CCOc1ccc(NC(=O)Cc2n[nH]c(=S)n2CC)cc1. The number of nitrogens with zero attached hydrogens (tertiary/aromatic N) is 2. The van der Waals surface area contributed by atoms with Gasteiger partial charge in [-0.2, -0.15) is 5.10 Å². The number of hydrogen-bond acceptors (Lipinski definition) is 4. The molecule has 0 fully saturated rings. The molecule has 112 valence electrons. The third-order valence-electron chi connectivity index (χ3n) is 2.92. The molecule has 1 aromatic carbocycles. The van der Waals surface area contributed by atoms with Gasteiger partial charge in [-0.25, -0.2) is 0 Å². The van der Waals surface area contributed by atoms with E-state index in [9.17, 15) is 4.79 Å². The van der Waals surface area contributed by atoms with Gasteiger partial charge in [-0.1, -0.05) is 0 Å². The summed E-state index contributed by atoms with van der Waals surface area (Å²) in [7, 11) is 0. The Morgan fingerprint density at radius 2 is 2.10 bits per heavy atom. The van der Waals surface area contributed by atoms with Gasteiger partial charge in [-0.15, -0.1) is 0 Å². The predicted octanol–water partition coefficient (Wildman–Crippen LogP) is 2.54. The highest BCUT2D eigenvalue weighted by atomic mass is 32.1. The van der Waals surface area contributed by atoms with Crippen molar-refractivity contribution in [1.82, 2.24) is 14.8 Å². The van der Waals surface area contributed by atoms with E-state index in [1.54, 1.807) is 16.7 Å². The fourth-order valence-electron chi connectivity index (χ4n) is 1.96. The van der Waals surface area contributed by atoms with Crippen molar-refractivity contribution in [2.24, 2.45) is 0 Å². The number of aromatic amines is 1. The first-order chi connectivity index (χ1) is 10.1. The molecule has 0 aliphatic carbocycles. The molecular formula is C14H18N4O2S.